The van der Waals surface area contributed by atoms with Gasteiger partial charge in [-0.15, -0.1) is 0 Å². The smallest absolute Gasteiger partial charge is 0.0552 e. The highest BCUT2D eigenvalue weighted by Crippen LogP contribution is 2.45. The van der Waals surface area contributed by atoms with Crippen LogP contribution in [0.3, 0.4) is 0 Å². The molecular weight excluding hydrogens is 220 g/mol. The van der Waals surface area contributed by atoms with Crippen molar-refractivity contribution in [1.82, 2.24) is 0 Å². The maximum absolute atomic E-state index is 9.99. The highest BCUT2D eigenvalue weighted by Gasteiger charge is 2.34. The molecule has 0 heterocycles. The van der Waals surface area contributed by atoms with Gasteiger partial charge in [-0.1, -0.05) is 60.7 Å². The fraction of sp³-hybridized carbons (Fsp3) is 0.294. The molecule has 18 heavy (non-hydrogen) atoms. The summed E-state index contributed by atoms with van der Waals surface area (Å²) in [6.07, 6.45) is 1.59. The average molecular weight is 238 g/mol. The van der Waals surface area contributed by atoms with Gasteiger partial charge in [-0.05, 0) is 35.8 Å². The van der Waals surface area contributed by atoms with Gasteiger partial charge in [-0.25, -0.2) is 0 Å². The molecule has 1 aliphatic rings. The van der Waals surface area contributed by atoms with Crippen LogP contribution in [0.4, 0.5) is 0 Å². The standard InChI is InChI=1S/C17H18O/c18-15-11-16(13-7-3-1-4-8-13)17(12-15)14-9-5-2-6-10-14/h1-10,15-18H,11-12H2. The minimum absolute atomic E-state index is 0.166. The van der Waals surface area contributed by atoms with Gasteiger partial charge >= 0.3 is 0 Å². The number of rotatable bonds is 2. The number of aliphatic hydroxyl groups excluding tert-OH is 1. The summed E-state index contributed by atoms with van der Waals surface area (Å²) in [5.41, 5.74) is 2.70. The van der Waals surface area contributed by atoms with E-state index in [-0.39, 0.29) is 6.10 Å². The summed E-state index contributed by atoms with van der Waals surface area (Å²) >= 11 is 0. The van der Waals surface area contributed by atoms with Crippen molar-refractivity contribution in [1.29, 1.82) is 0 Å². The van der Waals surface area contributed by atoms with Crippen LogP contribution in [0, 0.1) is 0 Å². The zero-order valence-electron chi connectivity index (χ0n) is 10.4. The third kappa shape index (κ3) is 2.19. The van der Waals surface area contributed by atoms with Crippen LogP contribution in [0.15, 0.2) is 60.7 Å². The van der Waals surface area contributed by atoms with E-state index in [2.05, 4.69) is 48.5 Å². The van der Waals surface area contributed by atoms with Crippen molar-refractivity contribution in [3.8, 4) is 0 Å². The third-order valence-electron chi connectivity index (χ3n) is 3.99. The first-order valence-electron chi connectivity index (χ1n) is 6.62. The molecule has 1 heteroatoms. The van der Waals surface area contributed by atoms with Gasteiger partial charge < -0.3 is 5.11 Å². The van der Waals surface area contributed by atoms with Crippen LogP contribution in [0.25, 0.3) is 0 Å². The minimum Gasteiger partial charge on any atom is -0.393 e. The summed E-state index contributed by atoms with van der Waals surface area (Å²) in [6, 6.07) is 21.2. The Kier molecular flexibility index (Phi) is 3.16. The molecule has 2 aromatic rings. The first-order valence-corrected chi connectivity index (χ1v) is 6.62. The molecule has 3 rings (SSSR count). The second-order valence-corrected chi connectivity index (χ2v) is 5.16. The molecule has 0 bridgehead atoms. The lowest BCUT2D eigenvalue weighted by Gasteiger charge is -2.20. The second-order valence-electron chi connectivity index (χ2n) is 5.16. The van der Waals surface area contributed by atoms with Gasteiger partial charge in [0.05, 0.1) is 6.10 Å². The number of hydrogen-bond donors (Lipinski definition) is 1. The predicted octanol–water partition coefficient (Wildman–Crippen LogP) is 3.71. The van der Waals surface area contributed by atoms with Crippen LogP contribution < -0.4 is 0 Å². The van der Waals surface area contributed by atoms with Gasteiger partial charge in [0, 0.05) is 0 Å². The van der Waals surface area contributed by atoms with Crippen molar-refractivity contribution in [2.24, 2.45) is 0 Å². The Bertz CT molecular complexity index is 444. The molecule has 0 aromatic heterocycles. The highest BCUT2D eigenvalue weighted by molar-refractivity contribution is 5.30. The topological polar surface area (TPSA) is 20.2 Å². The summed E-state index contributed by atoms with van der Waals surface area (Å²) in [5, 5.41) is 9.99. The fourth-order valence-electron chi connectivity index (χ4n) is 3.15. The average Bonchev–Trinajstić information content (AvgIpc) is 2.83. The summed E-state index contributed by atoms with van der Waals surface area (Å²) in [6.45, 7) is 0. The molecule has 0 amide bonds. The summed E-state index contributed by atoms with van der Waals surface area (Å²) in [4.78, 5) is 0. The van der Waals surface area contributed by atoms with E-state index in [1.807, 2.05) is 12.1 Å². The number of aliphatic hydroxyl groups is 1. The van der Waals surface area contributed by atoms with Crippen LogP contribution >= 0.6 is 0 Å². The molecule has 2 unspecified atom stereocenters. The van der Waals surface area contributed by atoms with Crippen molar-refractivity contribution in [2.45, 2.75) is 30.8 Å². The van der Waals surface area contributed by atoms with Gasteiger partial charge in [0.25, 0.3) is 0 Å². The van der Waals surface area contributed by atoms with Crippen molar-refractivity contribution in [2.75, 3.05) is 0 Å². The minimum atomic E-state index is -0.166. The largest absolute Gasteiger partial charge is 0.393 e. The molecule has 1 N–H and O–H groups in total. The van der Waals surface area contributed by atoms with E-state index < -0.39 is 0 Å². The van der Waals surface area contributed by atoms with E-state index in [0.29, 0.717) is 11.8 Å². The maximum atomic E-state index is 9.99. The highest BCUT2D eigenvalue weighted by atomic mass is 16.3. The Morgan fingerprint density at radius 2 is 1.06 bits per heavy atom. The lowest BCUT2D eigenvalue weighted by Crippen LogP contribution is -2.04. The van der Waals surface area contributed by atoms with Crippen molar-refractivity contribution in [3.05, 3.63) is 71.8 Å². The molecule has 2 atom stereocenters. The van der Waals surface area contributed by atoms with Crippen LogP contribution in [0.1, 0.15) is 35.8 Å². The molecule has 1 aliphatic carbocycles. The van der Waals surface area contributed by atoms with E-state index in [4.69, 9.17) is 0 Å². The van der Waals surface area contributed by atoms with Crippen molar-refractivity contribution in [3.63, 3.8) is 0 Å². The first kappa shape index (κ1) is 11.5. The van der Waals surface area contributed by atoms with Gasteiger partial charge in [0.2, 0.25) is 0 Å². The van der Waals surface area contributed by atoms with Crippen LogP contribution in [0.2, 0.25) is 0 Å². The molecule has 2 aromatic carbocycles. The van der Waals surface area contributed by atoms with Crippen LogP contribution in [-0.4, -0.2) is 11.2 Å². The van der Waals surface area contributed by atoms with E-state index in [9.17, 15) is 5.11 Å². The van der Waals surface area contributed by atoms with Crippen LogP contribution in [0.5, 0.6) is 0 Å². The fourth-order valence-corrected chi connectivity index (χ4v) is 3.15. The Balaban J connectivity index is 1.93. The zero-order valence-corrected chi connectivity index (χ0v) is 10.4. The summed E-state index contributed by atoms with van der Waals surface area (Å²) in [5.74, 6) is 0.896. The Morgan fingerprint density at radius 1 is 0.667 bits per heavy atom. The van der Waals surface area contributed by atoms with E-state index >= 15 is 0 Å². The van der Waals surface area contributed by atoms with Gasteiger partial charge in [0.15, 0.2) is 0 Å². The van der Waals surface area contributed by atoms with E-state index in [1.54, 1.807) is 0 Å². The van der Waals surface area contributed by atoms with Gasteiger partial charge in [0.1, 0.15) is 0 Å². The predicted molar refractivity (Wildman–Crippen MR) is 73.6 cm³/mol. The second kappa shape index (κ2) is 4.95. The van der Waals surface area contributed by atoms with Gasteiger partial charge in [-0.2, -0.15) is 0 Å². The van der Waals surface area contributed by atoms with Crippen molar-refractivity contribution < 1.29 is 5.11 Å². The lowest BCUT2D eigenvalue weighted by molar-refractivity contribution is 0.180. The molecule has 0 saturated heterocycles. The zero-order chi connectivity index (χ0) is 12.4. The third-order valence-corrected chi connectivity index (χ3v) is 3.99. The molecular formula is C17H18O. The summed E-state index contributed by atoms with van der Waals surface area (Å²) < 4.78 is 0. The first-order chi connectivity index (χ1) is 8.84. The molecule has 0 radical (unpaired) electrons. The van der Waals surface area contributed by atoms with E-state index in [1.165, 1.54) is 11.1 Å². The number of hydrogen-bond acceptors (Lipinski definition) is 1. The molecule has 0 aliphatic heterocycles. The number of benzene rings is 2. The molecule has 1 fully saturated rings. The maximum Gasteiger partial charge on any atom is 0.0552 e. The molecule has 0 spiro atoms. The Labute approximate surface area is 108 Å². The van der Waals surface area contributed by atoms with Crippen LogP contribution in [-0.2, 0) is 0 Å². The van der Waals surface area contributed by atoms with Crippen molar-refractivity contribution >= 4 is 0 Å². The molecule has 1 saturated carbocycles. The normalized spacial score (nSPS) is 27.3. The summed E-state index contributed by atoms with van der Waals surface area (Å²) in [7, 11) is 0. The van der Waals surface area contributed by atoms with Gasteiger partial charge in [-0.3, -0.25) is 0 Å². The molecule has 1 nitrogen and oxygen atoms in total. The SMILES string of the molecule is OC1CC(c2ccccc2)C(c2ccccc2)C1. The monoisotopic (exact) mass is 238 g/mol. The Hall–Kier alpha value is -1.60. The van der Waals surface area contributed by atoms with E-state index in [0.717, 1.165) is 12.8 Å². The lowest BCUT2D eigenvalue weighted by atomic mass is 9.84. The quantitative estimate of drug-likeness (QED) is 0.845. The Morgan fingerprint density at radius 3 is 1.44 bits per heavy atom. The molecule has 92 valence electrons.